The molecule has 2 aromatic rings. The van der Waals surface area contributed by atoms with E-state index >= 15 is 0 Å². The summed E-state index contributed by atoms with van der Waals surface area (Å²) in [6.45, 7) is 4.15. The molecule has 0 fully saturated rings. The standard InChI is InChI=1S/C13H16N4S2/c1-8-4-10(15-6-9(8)2)7-19-13-16-11(14)5-12(17-13)18-3/h4-6H,7H2,1-3H3,(H2,14,16,17). The molecule has 6 heteroatoms. The minimum atomic E-state index is 0.509. The molecule has 0 saturated heterocycles. The Hall–Kier alpha value is -1.27. The van der Waals surface area contributed by atoms with Gasteiger partial charge < -0.3 is 5.73 Å². The van der Waals surface area contributed by atoms with E-state index in [9.17, 15) is 0 Å². The average molecular weight is 292 g/mol. The first-order chi connectivity index (χ1) is 9.08. The maximum absolute atomic E-state index is 5.75. The van der Waals surface area contributed by atoms with E-state index in [2.05, 4.69) is 34.9 Å². The van der Waals surface area contributed by atoms with Gasteiger partial charge in [0, 0.05) is 18.0 Å². The van der Waals surface area contributed by atoms with Gasteiger partial charge in [0.05, 0.1) is 5.69 Å². The van der Waals surface area contributed by atoms with Gasteiger partial charge in [0.15, 0.2) is 5.16 Å². The van der Waals surface area contributed by atoms with E-state index in [1.54, 1.807) is 29.6 Å². The minimum Gasteiger partial charge on any atom is -0.384 e. The predicted molar refractivity (Wildman–Crippen MR) is 81.5 cm³/mol. The number of anilines is 1. The van der Waals surface area contributed by atoms with Crippen molar-refractivity contribution in [2.75, 3.05) is 12.0 Å². The SMILES string of the molecule is CSc1cc(N)nc(SCc2cc(C)c(C)cn2)n1. The summed E-state index contributed by atoms with van der Waals surface area (Å²) in [7, 11) is 0. The van der Waals surface area contributed by atoms with E-state index in [1.807, 2.05) is 12.5 Å². The highest BCUT2D eigenvalue weighted by Crippen LogP contribution is 2.23. The molecule has 0 aliphatic carbocycles. The molecule has 100 valence electrons. The van der Waals surface area contributed by atoms with Crippen LogP contribution in [0.5, 0.6) is 0 Å². The topological polar surface area (TPSA) is 64.7 Å². The summed E-state index contributed by atoms with van der Waals surface area (Å²) in [6.07, 6.45) is 3.87. The van der Waals surface area contributed by atoms with Crippen molar-refractivity contribution in [3.8, 4) is 0 Å². The Morgan fingerprint density at radius 3 is 2.63 bits per heavy atom. The molecule has 0 aromatic carbocycles. The Labute approximate surface area is 121 Å². The van der Waals surface area contributed by atoms with Crippen LogP contribution in [0, 0.1) is 13.8 Å². The van der Waals surface area contributed by atoms with Gasteiger partial charge in [0.25, 0.3) is 0 Å². The van der Waals surface area contributed by atoms with Gasteiger partial charge in [-0.25, -0.2) is 9.97 Å². The summed E-state index contributed by atoms with van der Waals surface area (Å²) in [4.78, 5) is 13.0. The summed E-state index contributed by atoms with van der Waals surface area (Å²) in [5.74, 6) is 1.26. The Bertz CT molecular complexity index is 587. The van der Waals surface area contributed by atoms with Crippen LogP contribution in [0.2, 0.25) is 0 Å². The molecule has 0 radical (unpaired) electrons. The van der Waals surface area contributed by atoms with Gasteiger partial charge in [-0.15, -0.1) is 11.8 Å². The van der Waals surface area contributed by atoms with Gasteiger partial charge in [0.1, 0.15) is 10.8 Å². The largest absolute Gasteiger partial charge is 0.384 e. The zero-order valence-corrected chi connectivity index (χ0v) is 12.8. The molecule has 0 aliphatic heterocycles. The zero-order chi connectivity index (χ0) is 13.8. The molecule has 0 amide bonds. The highest BCUT2D eigenvalue weighted by Gasteiger charge is 2.05. The molecule has 0 aliphatic rings. The molecular formula is C13H16N4S2. The van der Waals surface area contributed by atoms with Crippen LogP contribution < -0.4 is 5.73 Å². The van der Waals surface area contributed by atoms with Crippen LogP contribution in [-0.4, -0.2) is 21.2 Å². The van der Waals surface area contributed by atoms with Crippen LogP contribution in [0.25, 0.3) is 0 Å². The fourth-order valence-electron chi connectivity index (χ4n) is 1.49. The molecule has 4 nitrogen and oxygen atoms in total. The van der Waals surface area contributed by atoms with Crippen molar-refractivity contribution in [3.63, 3.8) is 0 Å². The zero-order valence-electron chi connectivity index (χ0n) is 11.2. The van der Waals surface area contributed by atoms with Gasteiger partial charge >= 0.3 is 0 Å². The molecule has 0 atom stereocenters. The second kappa shape index (κ2) is 6.25. The maximum atomic E-state index is 5.75. The minimum absolute atomic E-state index is 0.509. The molecule has 2 heterocycles. The van der Waals surface area contributed by atoms with Crippen molar-refractivity contribution >= 4 is 29.3 Å². The lowest BCUT2D eigenvalue weighted by atomic mass is 10.2. The number of nitrogens with two attached hydrogens (primary N) is 1. The number of aromatic nitrogens is 3. The number of hydrogen-bond acceptors (Lipinski definition) is 6. The molecule has 0 bridgehead atoms. The van der Waals surface area contributed by atoms with Crippen LogP contribution in [0.15, 0.2) is 28.5 Å². The molecule has 0 unspecified atom stereocenters. The Balaban J connectivity index is 2.09. The number of thioether (sulfide) groups is 2. The molecule has 0 spiro atoms. The molecule has 2 rings (SSSR count). The summed E-state index contributed by atoms with van der Waals surface area (Å²) in [6, 6.07) is 3.88. The van der Waals surface area contributed by atoms with Gasteiger partial charge in [0.2, 0.25) is 0 Å². The summed E-state index contributed by atoms with van der Waals surface area (Å²) in [5.41, 5.74) is 9.25. The number of hydrogen-bond donors (Lipinski definition) is 1. The predicted octanol–water partition coefficient (Wildman–Crippen LogP) is 3.08. The number of rotatable bonds is 4. The van der Waals surface area contributed by atoms with Crippen molar-refractivity contribution in [3.05, 3.63) is 35.2 Å². The third-order valence-electron chi connectivity index (χ3n) is 2.69. The quantitative estimate of drug-likeness (QED) is 0.531. The molecule has 0 saturated carbocycles. The van der Waals surface area contributed by atoms with Crippen molar-refractivity contribution in [1.29, 1.82) is 0 Å². The summed E-state index contributed by atoms with van der Waals surface area (Å²) in [5, 5.41) is 1.59. The van der Waals surface area contributed by atoms with Crippen LogP contribution in [0.4, 0.5) is 5.82 Å². The first-order valence-electron chi connectivity index (χ1n) is 5.82. The number of pyridine rings is 1. The monoisotopic (exact) mass is 292 g/mol. The van der Waals surface area contributed by atoms with Gasteiger partial charge in [-0.1, -0.05) is 11.8 Å². The van der Waals surface area contributed by atoms with Crippen LogP contribution in [-0.2, 0) is 5.75 Å². The lowest BCUT2D eigenvalue weighted by Crippen LogP contribution is -1.97. The van der Waals surface area contributed by atoms with E-state index in [0.29, 0.717) is 11.0 Å². The smallest absolute Gasteiger partial charge is 0.190 e. The van der Waals surface area contributed by atoms with Crippen molar-refractivity contribution in [2.24, 2.45) is 0 Å². The third kappa shape index (κ3) is 3.84. The van der Waals surface area contributed by atoms with Crippen molar-refractivity contribution in [1.82, 2.24) is 15.0 Å². The summed E-state index contributed by atoms with van der Waals surface area (Å²) >= 11 is 3.12. The normalized spacial score (nSPS) is 10.7. The van der Waals surface area contributed by atoms with Crippen molar-refractivity contribution < 1.29 is 0 Å². The van der Waals surface area contributed by atoms with Crippen LogP contribution in [0.3, 0.4) is 0 Å². The van der Waals surface area contributed by atoms with E-state index in [1.165, 1.54) is 11.1 Å². The average Bonchev–Trinajstić information content (AvgIpc) is 2.39. The Morgan fingerprint density at radius 1 is 1.16 bits per heavy atom. The maximum Gasteiger partial charge on any atom is 0.190 e. The molecule has 19 heavy (non-hydrogen) atoms. The van der Waals surface area contributed by atoms with E-state index in [0.717, 1.165) is 16.5 Å². The van der Waals surface area contributed by atoms with Gasteiger partial charge in [-0.3, -0.25) is 4.98 Å². The molecule has 2 aromatic heterocycles. The fourth-order valence-corrected chi connectivity index (χ4v) is 2.73. The van der Waals surface area contributed by atoms with Crippen LogP contribution >= 0.6 is 23.5 Å². The van der Waals surface area contributed by atoms with Gasteiger partial charge in [-0.05, 0) is 37.3 Å². The van der Waals surface area contributed by atoms with Gasteiger partial charge in [-0.2, -0.15) is 0 Å². The third-order valence-corrected chi connectivity index (χ3v) is 4.20. The van der Waals surface area contributed by atoms with E-state index in [-0.39, 0.29) is 0 Å². The first-order valence-corrected chi connectivity index (χ1v) is 8.03. The van der Waals surface area contributed by atoms with E-state index < -0.39 is 0 Å². The number of aryl methyl sites for hydroxylation is 2. The van der Waals surface area contributed by atoms with Crippen molar-refractivity contribution in [2.45, 2.75) is 29.8 Å². The molecule has 2 N–H and O–H groups in total. The Morgan fingerprint density at radius 2 is 1.95 bits per heavy atom. The second-order valence-electron chi connectivity index (χ2n) is 4.17. The lowest BCUT2D eigenvalue weighted by Gasteiger charge is -2.05. The Kier molecular flexibility index (Phi) is 4.66. The van der Waals surface area contributed by atoms with Crippen LogP contribution in [0.1, 0.15) is 16.8 Å². The lowest BCUT2D eigenvalue weighted by molar-refractivity contribution is 0.899. The summed E-state index contributed by atoms with van der Waals surface area (Å²) < 4.78 is 0. The van der Waals surface area contributed by atoms with E-state index in [4.69, 9.17) is 5.73 Å². The fraction of sp³-hybridized carbons (Fsp3) is 0.308. The second-order valence-corrected chi connectivity index (χ2v) is 5.94. The number of nitrogen functional groups attached to an aromatic ring is 1. The highest BCUT2D eigenvalue weighted by atomic mass is 32.2. The molecular weight excluding hydrogens is 276 g/mol. The first kappa shape index (κ1) is 14.1. The highest BCUT2D eigenvalue weighted by molar-refractivity contribution is 7.99. The number of nitrogens with zero attached hydrogens (tertiary/aromatic N) is 3.